The molecule has 0 aromatic carbocycles. The Morgan fingerprint density at radius 3 is 3.17 bits per heavy atom. The van der Waals surface area contributed by atoms with Crippen LogP contribution in [0.2, 0.25) is 0 Å². The Labute approximate surface area is 108 Å². The third kappa shape index (κ3) is 2.49. The highest BCUT2D eigenvalue weighted by Gasteiger charge is 2.26. The van der Waals surface area contributed by atoms with Crippen molar-refractivity contribution in [3.8, 4) is 0 Å². The zero-order chi connectivity index (χ0) is 12.4. The summed E-state index contributed by atoms with van der Waals surface area (Å²) in [5.74, 6) is 0.867. The Morgan fingerprint density at radius 2 is 2.39 bits per heavy atom. The normalized spacial score (nSPS) is 18.7. The van der Waals surface area contributed by atoms with Crippen LogP contribution >= 0.6 is 0 Å². The molecule has 98 valence electrons. The van der Waals surface area contributed by atoms with E-state index in [1.54, 1.807) is 6.08 Å². The van der Waals surface area contributed by atoms with Gasteiger partial charge in [-0.3, -0.25) is 4.68 Å². The first-order valence-corrected chi connectivity index (χ1v) is 6.85. The van der Waals surface area contributed by atoms with Crippen LogP contribution in [0.25, 0.3) is 0 Å². The van der Waals surface area contributed by atoms with Gasteiger partial charge in [0.1, 0.15) is 0 Å². The molecular weight excluding hydrogens is 226 g/mol. The molecule has 0 bridgehead atoms. The van der Waals surface area contributed by atoms with E-state index in [0.717, 1.165) is 37.7 Å². The second kappa shape index (κ2) is 5.24. The molecule has 1 saturated carbocycles. The quantitative estimate of drug-likeness (QED) is 0.613. The van der Waals surface area contributed by atoms with Crippen LogP contribution in [0.3, 0.4) is 0 Å². The molecule has 0 unspecified atom stereocenters. The third-order valence-electron chi connectivity index (χ3n) is 3.69. The van der Waals surface area contributed by atoms with Crippen LogP contribution in [0.1, 0.15) is 29.8 Å². The van der Waals surface area contributed by atoms with Crippen molar-refractivity contribution in [2.75, 3.05) is 13.2 Å². The maximum atomic E-state index is 5.55. The lowest BCUT2D eigenvalue weighted by Crippen LogP contribution is -2.25. The number of nitrogens with zero attached hydrogens (tertiary/aromatic N) is 2. The summed E-state index contributed by atoms with van der Waals surface area (Å²) >= 11 is 0. The molecule has 1 aliphatic heterocycles. The fourth-order valence-electron chi connectivity index (χ4n) is 2.54. The summed E-state index contributed by atoms with van der Waals surface area (Å²) in [6, 6.07) is 0. The van der Waals surface area contributed by atoms with E-state index in [-0.39, 0.29) is 0 Å². The molecule has 0 saturated heterocycles. The number of rotatable bonds is 6. The third-order valence-corrected chi connectivity index (χ3v) is 3.69. The fourth-order valence-corrected chi connectivity index (χ4v) is 2.54. The predicted octanol–water partition coefficient (Wildman–Crippen LogP) is 1.64. The van der Waals surface area contributed by atoms with Gasteiger partial charge in [0.05, 0.1) is 18.9 Å². The topological polar surface area (TPSA) is 39.1 Å². The predicted molar refractivity (Wildman–Crippen MR) is 70.2 cm³/mol. The SMILES string of the molecule is C=CCOCc1nn(CC2CC2)c2c1CNCC2. The lowest BCUT2D eigenvalue weighted by atomic mass is 10.1. The summed E-state index contributed by atoms with van der Waals surface area (Å²) in [5.41, 5.74) is 3.91. The largest absolute Gasteiger partial charge is 0.371 e. The van der Waals surface area contributed by atoms with Crippen LogP contribution in [0.4, 0.5) is 0 Å². The average molecular weight is 247 g/mol. The Balaban J connectivity index is 1.78. The second-order valence-electron chi connectivity index (χ2n) is 5.23. The van der Waals surface area contributed by atoms with Crippen LogP contribution in [0.15, 0.2) is 12.7 Å². The van der Waals surface area contributed by atoms with E-state index in [2.05, 4.69) is 16.6 Å². The van der Waals surface area contributed by atoms with Crippen molar-refractivity contribution < 1.29 is 4.74 Å². The van der Waals surface area contributed by atoms with Gasteiger partial charge in [0.2, 0.25) is 0 Å². The van der Waals surface area contributed by atoms with Crippen LogP contribution in [0, 0.1) is 5.92 Å². The minimum atomic E-state index is 0.595. The van der Waals surface area contributed by atoms with E-state index >= 15 is 0 Å². The molecule has 2 heterocycles. The zero-order valence-electron chi connectivity index (χ0n) is 10.8. The molecule has 0 spiro atoms. The molecule has 1 N–H and O–H groups in total. The Morgan fingerprint density at radius 1 is 1.50 bits per heavy atom. The molecule has 2 aliphatic rings. The van der Waals surface area contributed by atoms with Crippen molar-refractivity contribution in [2.45, 2.75) is 39.0 Å². The highest BCUT2D eigenvalue weighted by Crippen LogP contribution is 2.32. The van der Waals surface area contributed by atoms with E-state index in [0.29, 0.717) is 13.2 Å². The average Bonchev–Trinajstić information content (AvgIpc) is 3.14. The van der Waals surface area contributed by atoms with E-state index in [4.69, 9.17) is 9.84 Å². The smallest absolute Gasteiger partial charge is 0.0929 e. The summed E-state index contributed by atoms with van der Waals surface area (Å²) < 4.78 is 7.78. The number of hydrogen-bond donors (Lipinski definition) is 1. The van der Waals surface area contributed by atoms with E-state index < -0.39 is 0 Å². The molecule has 0 atom stereocenters. The van der Waals surface area contributed by atoms with Gasteiger partial charge in [0, 0.05) is 37.3 Å². The first-order valence-electron chi connectivity index (χ1n) is 6.85. The van der Waals surface area contributed by atoms with Crippen molar-refractivity contribution in [2.24, 2.45) is 5.92 Å². The fraction of sp³-hybridized carbons (Fsp3) is 0.643. The van der Waals surface area contributed by atoms with Gasteiger partial charge in [0.15, 0.2) is 0 Å². The summed E-state index contributed by atoms with van der Waals surface area (Å²) in [4.78, 5) is 0. The molecule has 18 heavy (non-hydrogen) atoms. The Hall–Kier alpha value is -1.13. The van der Waals surface area contributed by atoms with Crippen LogP contribution in [0.5, 0.6) is 0 Å². The zero-order valence-corrected chi connectivity index (χ0v) is 10.8. The van der Waals surface area contributed by atoms with Crippen molar-refractivity contribution in [1.82, 2.24) is 15.1 Å². The van der Waals surface area contributed by atoms with Gasteiger partial charge in [-0.2, -0.15) is 5.10 Å². The molecule has 3 rings (SSSR count). The minimum absolute atomic E-state index is 0.595. The Bertz CT molecular complexity index is 434. The first-order chi connectivity index (χ1) is 8.88. The summed E-state index contributed by atoms with van der Waals surface area (Å²) in [6.45, 7) is 7.97. The van der Waals surface area contributed by atoms with Gasteiger partial charge < -0.3 is 10.1 Å². The Kier molecular flexibility index (Phi) is 3.48. The molecule has 4 nitrogen and oxygen atoms in total. The van der Waals surface area contributed by atoms with Crippen molar-refractivity contribution in [3.05, 3.63) is 29.6 Å². The molecule has 1 aliphatic carbocycles. The highest BCUT2D eigenvalue weighted by atomic mass is 16.5. The molecule has 0 radical (unpaired) electrons. The van der Waals surface area contributed by atoms with E-state index in [1.165, 1.54) is 24.1 Å². The monoisotopic (exact) mass is 247 g/mol. The van der Waals surface area contributed by atoms with Gasteiger partial charge in [-0.25, -0.2) is 0 Å². The summed E-state index contributed by atoms with van der Waals surface area (Å²) in [6.07, 6.45) is 5.62. The van der Waals surface area contributed by atoms with Gasteiger partial charge in [-0.05, 0) is 18.8 Å². The van der Waals surface area contributed by atoms with E-state index in [9.17, 15) is 0 Å². The number of nitrogens with one attached hydrogen (secondary N) is 1. The lowest BCUT2D eigenvalue weighted by molar-refractivity contribution is 0.144. The van der Waals surface area contributed by atoms with Crippen molar-refractivity contribution in [1.29, 1.82) is 0 Å². The van der Waals surface area contributed by atoms with Crippen LogP contribution in [-0.4, -0.2) is 22.9 Å². The van der Waals surface area contributed by atoms with Crippen molar-refractivity contribution >= 4 is 0 Å². The first kappa shape index (κ1) is 11.9. The number of aromatic nitrogens is 2. The minimum Gasteiger partial charge on any atom is -0.371 e. The maximum Gasteiger partial charge on any atom is 0.0929 e. The standard InChI is InChI=1S/C14H21N3O/c1-2-7-18-10-13-12-8-15-6-5-14(12)17(16-13)9-11-3-4-11/h2,11,15H,1,3-10H2. The van der Waals surface area contributed by atoms with E-state index in [1.807, 2.05) is 0 Å². The van der Waals surface area contributed by atoms with Crippen molar-refractivity contribution in [3.63, 3.8) is 0 Å². The molecule has 0 amide bonds. The van der Waals surface area contributed by atoms with Gasteiger partial charge in [0.25, 0.3) is 0 Å². The van der Waals surface area contributed by atoms with Crippen LogP contribution < -0.4 is 5.32 Å². The molecule has 1 aromatic rings. The number of fused-ring (bicyclic) bond motifs is 1. The lowest BCUT2D eigenvalue weighted by Gasteiger charge is -2.15. The second-order valence-corrected chi connectivity index (χ2v) is 5.23. The van der Waals surface area contributed by atoms with Gasteiger partial charge >= 0.3 is 0 Å². The van der Waals surface area contributed by atoms with Gasteiger partial charge in [-0.15, -0.1) is 6.58 Å². The number of hydrogen-bond acceptors (Lipinski definition) is 3. The summed E-state index contributed by atoms with van der Waals surface area (Å²) in [5, 5.41) is 8.19. The molecule has 1 fully saturated rings. The summed E-state index contributed by atoms with van der Waals surface area (Å²) in [7, 11) is 0. The molecule has 1 aromatic heterocycles. The molecule has 4 heteroatoms. The number of ether oxygens (including phenoxy) is 1. The van der Waals surface area contributed by atoms with Gasteiger partial charge in [-0.1, -0.05) is 6.08 Å². The highest BCUT2D eigenvalue weighted by molar-refractivity contribution is 5.28. The molecular formula is C14H21N3O. The maximum absolute atomic E-state index is 5.55. The van der Waals surface area contributed by atoms with Crippen LogP contribution in [-0.2, 0) is 30.9 Å².